The van der Waals surface area contributed by atoms with Crippen LogP contribution in [-0.4, -0.2) is 49.1 Å². The van der Waals surface area contributed by atoms with Gasteiger partial charge in [-0.25, -0.2) is 0 Å². The summed E-state index contributed by atoms with van der Waals surface area (Å²) in [7, 11) is 0. The van der Waals surface area contributed by atoms with Gasteiger partial charge in [0.15, 0.2) is 0 Å². The summed E-state index contributed by atoms with van der Waals surface area (Å²) in [6.07, 6.45) is 9.27. The van der Waals surface area contributed by atoms with Gasteiger partial charge in [0.25, 0.3) is 0 Å². The minimum absolute atomic E-state index is 0.810. The van der Waals surface area contributed by atoms with Crippen molar-refractivity contribution in [1.82, 2.24) is 9.80 Å². The van der Waals surface area contributed by atoms with E-state index in [-0.39, 0.29) is 0 Å². The Balaban J connectivity index is 1.40. The molecule has 4 rings (SSSR count). The van der Waals surface area contributed by atoms with E-state index in [2.05, 4.69) is 58.3 Å². The molecule has 3 heteroatoms. The minimum Gasteiger partial charge on any atom is -0.494 e. The highest BCUT2D eigenvalue weighted by Gasteiger charge is 2.15. The lowest BCUT2D eigenvalue weighted by Crippen LogP contribution is -2.31. The molecule has 29 heavy (non-hydrogen) atoms. The summed E-state index contributed by atoms with van der Waals surface area (Å²) in [5.74, 6) is 1.02. The molecule has 0 N–H and O–H groups in total. The first-order valence-electron chi connectivity index (χ1n) is 11.6. The lowest BCUT2D eigenvalue weighted by atomic mass is 9.98. The van der Waals surface area contributed by atoms with E-state index in [1.807, 2.05) is 0 Å². The van der Waals surface area contributed by atoms with Crippen LogP contribution in [0, 0.1) is 0 Å². The first-order valence-corrected chi connectivity index (χ1v) is 11.6. The summed E-state index contributed by atoms with van der Waals surface area (Å²) in [6, 6.07) is 17.5. The van der Waals surface area contributed by atoms with Gasteiger partial charge in [0, 0.05) is 13.1 Å². The highest BCUT2D eigenvalue weighted by atomic mass is 16.5. The SMILES string of the molecule is c1ccc(-c2ccc(OCCCN3CCCCC3)cc2CN2CCCCC2)cc1. The Bertz CT molecular complexity index is 734. The quantitative estimate of drug-likeness (QED) is 0.544. The molecule has 0 aromatic heterocycles. The van der Waals surface area contributed by atoms with Gasteiger partial charge in [0.05, 0.1) is 6.61 Å². The molecule has 0 amide bonds. The number of benzene rings is 2. The van der Waals surface area contributed by atoms with E-state index in [0.29, 0.717) is 0 Å². The van der Waals surface area contributed by atoms with Crippen LogP contribution in [0.5, 0.6) is 5.75 Å². The van der Waals surface area contributed by atoms with E-state index in [1.54, 1.807) is 0 Å². The van der Waals surface area contributed by atoms with E-state index in [4.69, 9.17) is 4.74 Å². The van der Waals surface area contributed by atoms with Gasteiger partial charge in [-0.1, -0.05) is 49.2 Å². The molecule has 2 aliphatic rings. The molecule has 2 saturated heterocycles. The Labute approximate surface area is 176 Å². The molecule has 2 fully saturated rings. The zero-order valence-electron chi connectivity index (χ0n) is 17.8. The molecular weight excluding hydrogens is 356 g/mol. The van der Waals surface area contributed by atoms with Crippen LogP contribution in [0.4, 0.5) is 0 Å². The van der Waals surface area contributed by atoms with Crippen molar-refractivity contribution >= 4 is 0 Å². The second-order valence-electron chi connectivity index (χ2n) is 8.63. The molecule has 2 aliphatic heterocycles. The Hall–Kier alpha value is -1.84. The van der Waals surface area contributed by atoms with Crippen LogP contribution >= 0.6 is 0 Å². The molecule has 3 nitrogen and oxygen atoms in total. The third-order valence-electron chi connectivity index (χ3n) is 6.34. The molecule has 2 heterocycles. The fraction of sp³-hybridized carbons (Fsp3) is 0.538. The van der Waals surface area contributed by atoms with Gasteiger partial charge in [0.2, 0.25) is 0 Å². The molecule has 156 valence electrons. The summed E-state index contributed by atoms with van der Waals surface area (Å²) in [6.45, 7) is 7.98. The Kier molecular flexibility index (Phi) is 7.61. The maximum Gasteiger partial charge on any atom is 0.119 e. The first-order chi connectivity index (χ1) is 14.4. The highest BCUT2D eigenvalue weighted by Crippen LogP contribution is 2.29. The third-order valence-corrected chi connectivity index (χ3v) is 6.34. The molecular formula is C26H36N2O. The van der Waals surface area contributed by atoms with Gasteiger partial charge in [-0.05, 0) is 87.1 Å². The lowest BCUT2D eigenvalue weighted by molar-refractivity contribution is 0.204. The van der Waals surface area contributed by atoms with E-state index >= 15 is 0 Å². The molecule has 0 radical (unpaired) electrons. The molecule has 0 atom stereocenters. The largest absolute Gasteiger partial charge is 0.494 e. The number of rotatable bonds is 8. The van der Waals surface area contributed by atoms with Crippen molar-refractivity contribution in [1.29, 1.82) is 0 Å². The summed E-state index contributed by atoms with van der Waals surface area (Å²) in [4.78, 5) is 5.19. The average molecular weight is 393 g/mol. The van der Waals surface area contributed by atoms with Gasteiger partial charge in [-0.15, -0.1) is 0 Å². The van der Waals surface area contributed by atoms with E-state index in [0.717, 1.165) is 25.3 Å². The summed E-state index contributed by atoms with van der Waals surface area (Å²) < 4.78 is 6.17. The van der Waals surface area contributed by atoms with Gasteiger partial charge in [0.1, 0.15) is 5.75 Å². The normalized spacial score (nSPS) is 18.6. The van der Waals surface area contributed by atoms with Crippen molar-refractivity contribution in [2.75, 3.05) is 39.3 Å². The molecule has 0 aliphatic carbocycles. The van der Waals surface area contributed by atoms with Crippen molar-refractivity contribution in [3.63, 3.8) is 0 Å². The number of likely N-dealkylation sites (tertiary alicyclic amines) is 2. The Morgan fingerprint density at radius 2 is 1.41 bits per heavy atom. The van der Waals surface area contributed by atoms with Gasteiger partial charge in [-0.3, -0.25) is 4.90 Å². The predicted octanol–water partition coefficient (Wildman–Crippen LogP) is 5.59. The number of ether oxygens (including phenoxy) is 1. The van der Waals surface area contributed by atoms with E-state index < -0.39 is 0 Å². The lowest BCUT2D eigenvalue weighted by Gasteiger charge is -2.27. The standard InChI is InChI=1S/C26H36N2O/c1-4-11-23(12-5-1)26-14-13-25(21-24(26)22-28-17-8-3-9-18-28)29-20-10-19-27-15-6-2-7-16-27/h1,4-5,11-14,21H,2-3,6-10,15-20,22H2. The maximum absolute atomic E-state index is 6.17. The number of nitrogens with zero attached hydrogens (tertiary/aromatic N) is 2. The molecule has 2 aromatic rings. The van der Waals surface area contributed by atoms with Crippen molar-refractivity contribution < 1.29 is 4.74 Å². The monoisotopic (exact) mass is 392 g/mol. The highest BCUT2D eigenvalue weighted by molar-refractivity contribution is 5.68. The van der Waals surface area contributed by atoms with Gasteiger partial charge in [-0.2, -0.15) is 0 Å². The van der Waals surface area contributed by atoms with E-state index in [1.165, 1.54) is 87.9 Å². The molecule has 2 aromatic carbocycles. The predicted molar refractivity (Wildman–Crippen MR) is 121 cm³/mol. The first kappa shape index (κ1) is 20.4. The number of hydrogen-bond acceptors (Lipinski definition) is 3. The Morgan fingerprint density at radius 1 is 0.724 bits per heavy atom. The minimum atomic E-state index is 0.810. The second kappa shape index (κ2) is 10.8. The van der Waals surface area contributed by atoms with Crippen LogP contribution in [0.2, 0.25) is 0 Å². The summed E-state index contributed by atoms with van der Waals surface area (Å²) in [5.41, 5.74) is 4.04. The van der Waals surface area contributed by atoms with Crippen LogP contribution in [-0.2, 0) is 6.54 Å². The topological polar surface area (TPSA) is 15.7 Å². The van der Waals surface area contributed by atoms with Gasteiger partial charge >= 0.3 is 0 Å². The van der Waals surface area contributed by atoms with Crippen LogP contribution in [0.15, 0.2) is 48.5 Å². The average Bonchev–Trinajstić information content (AvgIpc) is 2.79. The van der Waals surface area contributed by atoms with Crippen LogP contribution in [0.1, 0.15) is 50.5 Å². The summed E-state index contributed by atoms with van der Waals surface area (Å²) in [5, 5.41) is 0. The van der Waals surface area contributed by atoms with Gasteiger partial charge < -0.3 is 9.64 Å². The zero-order chi connectivity index (χ0) is 19.7. The van der Waals surface area contributed by atoms with Crippen molar-refractivity contribution in [3.8, 4) is 16.9 Å². The Morgan fingerprint density at radius 3 is 2.14 bits per heavy atom. The maximum atomic E-state index is 6.17. The molecule has 0 spiro atoms. The fourth-order valence-corrected chi connectivity index (χ4v) is 4.71. The number of piperidine rings is 2. The fourth-order valence-electron chi connectivity index (χ4n) is 4.71. The number of hydrogen-bond donors (Lipinski definition) is 0. The van der Waals surface area contributed by atoms with Crippen LogP contribution in [0.3, 0.4) is 0 Å². The van der Waals surface area contributed by atoms with E-state index in [9.17, 15) is 0 Å². The van der Waals surface area contributed by atoms with Crippen LogP contribution in [0.25, 0.3) is 11.1 Å². The second-order valence-corrected chi connectivity index (χ2v) is 8.63. The molecule has 0 unspecified atom stereocenters. The summed E-state index contributed by atoms with van der Waals surface area (Å²) >= 11 is 0. The van der Waals surface area contributed by atoms with Crippen molar-refractivity contribution in [3.05, 3.63) is 54.1 Å². The smallest absolute Gasteiger partial charge is 0.119 e. The third kappa shape index (κ3) is 6.07. The molecule has 0 bridgehead atoms. The zero-order valence-corrected chi connectivity index (χ0v) is 17.8. The van der Waals surface area contributed by atoms with Crippen molar-refractivity contribution in [2.24, 2.45) is 0 Å². The molecule has 0 saturated carbocycles. The van der Waals surface area contributed by atoms with Crippen LogP contribution < -0.4 is 4.74 Å². The van der Waals surface area contributed by atoms with Crippen molar-refractivity contribution in [2.45, 2.75) is 51.5 Å².